The average Bonchev–Trinajstić information content (AvgIpc) is 3.02. The molecule has 7 heteroatoms. The van der Waals surface area contributed by atoms with E-state index in [-0.39, 0.29) is 5.95 Å². The highest BCUT2D eigenvalue weighted by Crippen LogP contribution is 2.41. The number of benzene rings is 2. The number of hydrogen-bond acceptors (Lipinski definition) is 5. The Morgan fingerprint density at radius 2 is 1.89 bits per heavy atom. The first kappa shape index (κ1) is 17.4. The van der Waals surface area contributed by atoms with Gasteiger partial charge >= 0.3 is 0 Å². The van der Waals surface area contributed by atoms with Gasteiger partial charge in [0, 0.05) is 48.9 Å². The third-order valence-corrected chi connectivity index (χ3v) is 4.92. The standard InChI is InChI=1S/C20H20ClN5O/c1-25(2)19-17-12-7-8-26(3)18(12)14(10-15(17)23-20(22)24-19)13-9-11(21)5-6-16(13)27-4/h5-10H,1-4H3,(H2,22,23,24). The van der Waals surface area contributed by atoms with E-state index in [2.05, 4.69) is 20.6 Å². The van der Waals surface area contributed by atoms with Crippen LogP contribution in [0.25, 0.3) is 32.9 Å². The molecule has 0 aliphatic heterocycles. The Morgan fingerprint density at radius 3 is 2.59 bits per heavy atom. The number of nitrogen functional groups attached to an aromatic ring is 1. The summed E-state index contributed by atoms with van der Waals surface area (Å²) in [5.74, 6) is 1.78. The van der Waals surface area contributed by atoms with Crippen LogP contribution >= 0.6 is 11.6 Å². The predicted molar refractivity (Wildman–Crippen MR) is 112 cm³/mol. The molecule has 2 heterocycles. The van der Waals surface area contributed by atoms with Gasteiger partial charge in [-0.2, -0.15) is 4.98 Å². The fourth-order valence-corrected chi connectivity index (χ4v) is 3.71. The maximum absolute atomic E-state index is 6.28. The number of methoxy groups -OCH3 is 1. The van der Waals surface area contributed by atoms with Gasteiger partial charge < -0.3 is 19.9 Å². The number of rotatable bonds is 3. The number of halogens is 1. The van der Waals surface area contributed by atoms with Crippen LogP contribution < -0.4 is 15.4 Å². The number of nitrogens with zero attached hydrogens (tertiary/aromatic N) is 4. The molecule has 0 bridgehead atoms. The zero-order valence-electron chi connectivity index (χ0n) is 15.6. The van der Waals surface area contributed by atoms with Gasteiger partial charge in [-0.15, -0.1) is 0 Å². The van der Waals surface area contributed by atoms with Gasteiger partial charge in [-0.05, 0) is 30.3 Å². The smallest absolute Gasteiger partial charge is 0.222 e. The van der Waals surface area contributed by atoms with E-state index < -0.39 is 0 Å². The van der Waals surface area contributed by atoms with E-state index >= 15 is 0 Å². The third-order valence-electron chi connectivity index (χ3n) is 4.69. The highest BCUT2D eigenvalue weighted by atomic mass is 35.5. The van der Waals surface area contributed by atoms with Crippen LogP contribution in [0.15, 0.2) is 36.5 Å². The number of ether oxygens (including phenoxy) is 1. The topological polar surface area (TPSA) is 69.2 Å². The van der Waals surface area contributed by atoms with Crippen molar-refractivity contribution >= 4 is 45.2 Å². The normalized spacial score (nSPS) is 11.3. The van der Waals surface area contributed by atoms with Crippen molar-refractivity contribution < 1.29 is 4.74 Å². The molecule has 0 saturated carbocycles. The van der Waals surface area contributed by atoms with Gasteiger partial charge in [-0.25, -0.2) is 4.98 Å². The lowest BCUT2D eigenvalue weighted by Gasteiger charge is -2.18. The molecule has 0 atom stereocenters. The average molecular weight is 382 g/mol. The molecule has 0 radical (unpaired) electrons. The van der Waals surface area contributed by atoms with Gasteiger partial charge in [0.25, 0.3) is 0 Å². The predicted octanol–water partition coefficient (Wildman–Crippen LogP) is 4.10. The van der Waals surface area contributed by atoms with Crippen LogP contribution in [0.3, 0.4) is 0 Å². The molecule has 0 aliphatic carbocycles. The molecule has 6 nitrogen and oxygen atoms in total. The molecule has 2 aromatic heterocycles. The second kappa shape index (κ2) is 6.32. The van der Waals surface area contributed by atoms with Gasteiger partial charge in [-0.1, -0.05) is 11.6 Å². The maximum atomic E-state index is 6.28. The van der Waals surface area contributed by atoms with Crippen molar-refractivity contribution in [3.63, 3.8) is 0 Å². The van der Waals surface area contributed by atoms with Gasteiger partial charge in [-0.3, -0.25) is 0 Å². The quantitative estimate of drug-likeness (QED) is 0.578. The van der Waals surface area contributed by atoms with Crippen molar-refractivity contribution in [1.82, 2.24) is 14.5 Å². The maximum Gasteiger partial charge on any atom is 0.222 e. The van der Waals surface area contributed by atoms with Crippen LogP contribution in [-0.2, 0) is 7.05 Å². The van der Waals surface area contributed by atoms with Crippen molar-refractivity contribution in [3.8, 4) is 16.9 Å². The van der Waals surface area contributed by atoms with E-state index in [9.17, 15) is 0 Å². The number of aryl methyl sites for hydroxylation is 1. The Labute approximate surface area is 162 Å². The molecule has 0 fully saturated rings. The summed E-state index contributed by atoms with van der Waals surface area (Å²) in [6.45, 7) is 0. The van der Waals surface area contributed by atoms with E-state index in [0.717, 1.165) is 44.5 Å². The monoisotopic (exact) mass is 381 g/mol. The van der Waals surface area contributed by atoms with Crippen molar-refractivity contribution in [3.05, 3.63) is 41.6 Å². The zero-order valence-corrected chi connectivity index (χ0v) is 16.4. The highest BCUT2D eigenvalue weighted by molar-refractivity contribution is 6.31. The molecule has 0 spiro atoms. The van der Waals surface area contributed by atoms with E-state index in [0.29, 0.717) is 5.02 Å². The van der Waals surface area contributed by atoms with Gasteiger partial charge in [0.05, 0.1) is 23.5 Å². The summed E-state index contributed by atoms with van der Waals surface area (Å²) in [7, 11) is 7.57. The van der Waals surface area contributed by atoms with E-state index in [4.69, 9.17) is 22.1 Å². The molecule has 0 unspecified atom stereocenters. The van der Waals surface area contributed by atoms with Crippen LogP contribution in [0.2, 0.25) is 5.02 Å². The Bertz CT molecular complexity index is 1180. The first-order valence-electron chi connectivity index (χ1n) is 8.47. The summed E-state index contributed by atoms with van der Waals surface area (Å²) in [5, 5.41) is 2.66. The van der Waals surface area contributed by atoms with Crippen molar-refractivity contribution in [2.75, 3.05) is 31.8 Å². The Balaban J connectivity index is 2.20. The molecule has 0 aliphatic rings. The molecular weight excluding hydrogens is 362 g/mol. The summed E-state index contributed by atoms with van der Waals surface area (Å²) in [5.41, 5.74) is 9.70. The lowest BCUT2D eigenvalue weighted by Crippen LogP contribution is -2.13. The first-order valence-corrected chi connectivity index (χ1v) is 8.85. The fraction of sp³-hybridized carbons (Fsp3) is 0.200. The van der Waals surface area contributed by atoms with Crippen LogP contribution in [0.1, 0.15) is 0 Å². The fourth-order valence-electron chi connectivity index (χ4n) is 3.54. The highest BCUT2D eigenvalue weighted by Gasteiger charge is 2.19. The van der Waals surface area contributed by atoms with Crippen LogP contribution in [0, 0.1) is 0 Å². The summed E-state index contributed by atoms with van der Waals surface area (Å²) in [6.07, 6.45) is 2.03. The minimum Gasteiger partial charge on any atom is -0.496 e. The van der Waals surface area contributed by atoms with Gasteiger partial charge in [0.2, 0.25) is 5.95 Å². The largest absolute Gasteiger partial charge is 0.496 e. The zero-order chi connectivity index (χ0) is 19.3. The Kier molecular flexibility index (Phi) is 4.08. The molecule has 4 aromatic rings. The molecule has 2 aromatic carbocycles. The van der Waals surface area contributed by atoms with Gasteiger partial charge in [0.15, 0.2) is 0 Å². The number of hydrogen-bond donors (Lipinski definition) is 1. The van der Waals surface area contributed by atoms with Crippen molar-refractivity contribution in [2.45, 2.75) is 0 Å². The summed E-state index contributed by atoms with van der Waals surface area (Å²) < 4.78 is 7.67. The van der Waals surface area contributed by atoms with E-state index in [1.54, 1.807) is 7.11 Å². The molecular formula is C20H20ClN5O. The SMILES string of the molecule is COc1ccc(Cl)cc1-c1cc2nc(N)nc(N(C)C)c2c2ccn(C)c12. The number of fused-ring (bicyclic) bond motifs is 3. The summed E-state index contributed by atoms with van der Waals surface area (Å²) >= 11 is 6.28. The number of aromatic nitrogens is 3. The Hall–Kier alpha value is -2.99. The molecule has 4 rings (SSSR count). The molecule has 138 valence electrons. The molecule has 0 saturated heterocycles. The first-order chi connectivity index (χ1) is 12.9. The molecule has 0 amide bonds. The number of anilines is 2. The second-order valence-electron chi connectivity index (χ2n) is 6.65. The third kappa shape index (κ3) is 2.73. The van der Waals surface area contributed by atoms with Crippen LogP contribution in [0.5, 0.6) is 5.75 Å². The lowest BCUT2D eigenvalue weighted by atomic mass is 9.99. The van der Waals surface area contributed by atoms with Crippen molar-refractivity contribution in [2.24, 2.45) is 7.05 Å². The minimum absolute atomic E-state index is 0.241. The second-order valence-corrected chi connectivity index (χ2v) is 7.09. The summed E-state index contributed by atoms with van der Waals surface area (Å²) in [6, 6.07) is 9.70. The Morgan fingerprint density at radius 1 is 1.11 bits per heavy atom. The molecule has 2 N–H and O–H groups in total. The van der Waals surface area contributed by atoms with Gasteiger partial charge in [0.1, 0.15) is 11.6 Å². The van der Waals surface area contributed by atoms with Crippen molar-refractivity contribution in [1.29, 1.82) is 0 Å². The number of nitrogens with two attached hydrogens (primary N) is 1. The summed E-state index contributed by atoms with van der Waals surface area (Å²) in [4.78, 5) is 10.9. The van der Waals surface area contributed by atoms with Crippen LogP contribution in [-0.4, -0.2) is 35.7 Å². The minimum atomic E-state index is 0.241. The lowest BCUT2D eigenvalue weighted by molar-refractivity contribution is 0.416. The van der Waals surface area contributed by atoms with E-state index in [1.165, 1.54) is 0 Å². The van der Waals surface area contributed by atoms with Crippen LogP contribution in [0.4, 0.5) is 11.8 Å². The van der Waals surface area contributed by atoms with E-state index in [1.807, 2.05) is 56.5 Å². The molecule has 27 heavy (non-hydrogen) atoms.